The number of thioether (sulfide) groups is 1. The molecule has 1 atom stereocenters. The highest BCUT2D eigenvalue weighted by atomic mass is 32.2. The maximum absolute atomic E-state index is 13.6. The van der Waals surface area contributed by atoms with Crippen molar-refractivity contribution in [1.29, 1.82) is 0 Å². The summed E-state index contributed by atoms with van der Waals surface area (Å²) in [6.45, 7) is 9.74. The average Bonchev–Trinajstić information content (AvgIpc) is 2.91. The van der Waals surface area contributed by atoms with Crippen LogP contribution in [0, 0.1) is 5.92 Å². The normalized spacial score (nSPS) is 15.9. The summed E-state index contributed by atoms with van der Waals surface area (Å²) < 4.78 is 1.40. The van der Waals surface area contributed by atoms with Crippen LogP contribution in [0.2, 0.25) is 0 Å². The molecule has 1 aliphatic rings. The molecule has 1 aromatic carbocycles. The number of anilines is 3. The Morgan fingerprint density at radius 3 is 2.73 bits per heavy atom. The minimum absolute atomic E-state index is 0.00479. The molecule has 180 valence electrons. The third kappa shape index (κ3) is 5.82. The van der Waals surface area contributed by atoms with Gasteiger partial charge in [0.2, 0.25) is 5.91 Å². The highest BCUT2D eigenvalue weighted by Crippen LogP contribution is 2.37. The van der Waals surface area contributed by atoms with Crippen molar-refractivity contribution < 1.29 is 4.79 Å². The molecule has 0 saturated heterocycles. The van der Waals surface area contributed by atoms with Gasteiger partial charge in [-0.1, -0.05) is 46.2 Å². The molecule has 1 aliphatic heterocycles. The number of carbonyl (C=O) groups is 1. The summed E-state index contributed by atoms with van der Waals surface area (Å²) >= 11 is 1.78. The topological polar surface area (TPSA) is 104 Å². The van der Waals surface area contributed by atoms with Gasteiger partial charge in [0.1, 0.15) is 11.5 Å². The van der Waals surface area contributed by atoms with E-state index in [1.165, 1.54) is 4.57 Å². The van der Waals surface area contributed by atoms with Gasteiger partial charge in [-0.05, 0) is 30.9 Å². The first-order valence-corrected chi connectivity index (χ1v) is 12.5. The maximum atomic E-state index is 13.6. The lowest BCUT2D eigenvalue weighted by molar-refractivity contribution is -0.117. The lowest BCUT2D eigenvalue weighted by Crippen LogP contribution is -2.46. The van der Waals surface area contributed by atoms with Crippen molar-refractivity contribution in [1.82, 2.24) is 9.55 Å². The molecular formula is C24H35N5O3S. The molecule has 0 spiro atoms. The first-order valence-electron chi connectivity index (χ1n) is 11.7. The molecule has 1 aromatic heterocycles. The van der Waals surface area contributed by atoms with Gasteiger partial charge in [-0.2, -0.15) is 0 Å². The third-order valence-electron chi connectivity index (χ3n) is 5.72. The third-order valence-corrected chi connectivity index (χ3v) is 6.96. The number of H-pyrrole nitrogens is 1. The molecule has 3 N–H and O–H groups in total. The lowest BCUT2D eigenvalue weighted by Gasteiger charge is -2.30. The van der Waals surface area contributed by atoms with E-state index in [4.69, 9.17) is 5.73 Å². The van der Waals surface area contributed by atoms with Gasteiger partial charge < -0.3 is 15.5 Å². The Kier molecular flexibility index (Phi) is 8.29. The van der Waals surface area contributed by atoms with Gasteiger partial charge in [0.15, 0.2) is 0 Å². The number of nitrogens with two attached hydrogens (primary N) is 1. The number of nitrogen functional groups attached to an aromatic ring is 1. The quantitative estimate of drug-likeness (QED) is 0.610. The van der Waals surface area contributed by atoms with E-state index in [2.05, 4.69) is 11.9 Å². The Labute approximate surface area is 199 Å². The van der Waals surface area contributed by atoms with E-state index in [-0.39, 0.29) is 29.9 Å². The van der Waals surface area contributed by atoms with E-state index in [1.54, 1.807) is 16.7 Å². The fourth-order valence-electron chi connectivity index (χ4n) is 4.09. The van der Waals surface area contributed by atoms with Crippen LogP contribution in [-0.4, -0.2) is 40.3 Å². The summed E-state index contributed by atoms with van der Waals surface area (Å²) in [7, 11) is 0. The van der Waals surface area contributed by atoms with Crippen LogP contribution in [-0.2, 0) is 11.3 Å². The van der Waals surface area contributed by atoms with Crippen LogP contribution >= 0.6 is 11.8 Å². The SMILES string of the molecule is CCCCn1c(N)c(N(CC(=O)N2CCC(C)Sc3ccccc32)CC(C)C)c(=O)[nH]c1=O. The van der Waals surface area contributed by atoms with Crippen LogP contribution in [0.15, 0.2) is 38.8 Å². The Balaban J connectivity index is 1.98. The standard InChI is InChI=1S/C24H35N5O3S/c1-5-6-12-29-22(25)21(23(31)26-24(29)32)27(14-16(2)3)15-20(30)28-13-11-17(4)33-19-10-8-7-9-18(19)28/h7-10,16-17H,5-6,11-15,25H2,1-4H3,(H,26,31,32). The van der Waals surface area contributed by atoms with Gasteiger partial charge in [-0.3, -0.25) is 19.1 Å². The first kappa shape index (κ1) is 25.0. The number of nitrogens with one attached hydrogen (secondary N) is 1. The van der Waals surface area contributed by atoms with Crippen LogP contribution < -0.4 is 26.8 Å². The molecule has 0 bridgehead atoms. The molecular weight excluding hydrogens is 438 g/mol. The lowest BCUT2D eigenvalue weighted by atomic mass is 10.2. The van der Waals surface area contributed by atoms with Gasteiger partial charge in [-0.25, -0.2) is 4.79 Å². The molecule has 2 aromatic rings. The number of para-hydroxylation sites is 1. The highest BCUT2D eigenvalue weighted by Gasteiger charge is 2.28. The number of aromatic amines is 1. The molecule has 1 unspecified atom stereocenters. The van der Waals surface area contributed by atoms with Gasteiger partial charge in [0.25, 0.3) is 5.56 Å². The molecule has 0 aliphatic carbocycles. The predicted molar refractivity (Wildman–Crippen MR) is 136 cm³/mol. The van der Waals surface area contributed by atoms with E-state index in [0.29, 0.717) is 24.9 Å². The number of amides is 1. The smallest absolute Gasteiger partial charge is 0.330 e. The summed E-state index contributed by atoms with van der Waals surface area (Å²) in [5.74, 6) is 0.202. The second-order valence-electron chi connectivity index (χ2n) is 9.00. The minimum atomic E-state index is -0.556. The van der Waals surface area contributed by atoms with Crippen molar-refractivity contribution in [2.24, 2.45) is 5.92 Å². The number of nitrogens with zero attached hydrogens (tertiary/aromatic N) is 3. The number of unbranched alkanes of at least 4 members (excludes halogenated alkanes) is 1. The molecule has 9 heteroatoms. The van der Waals surface area contributed by atoms with Crippen LogP contribution in [0.5, 0.6) is 0 Å². The van der Waals surface area contributed by atoms with Crippen molar-refractivity contribution in [3.8, 4) is 0 Å². The minimum Gasteiger partial charge on any atom is -0.383 e. The zero-order valence-corrected chi connectivity index (χ0v) is 20.8. The second-order valence-corrected chi connectivity index (χ2v) is 10.5. The summed E-state index contributed by atoms with van der Waals surface area (Å²) in [5, 5.41) is 0.399. The summed E-state index contributed by atoms with van der Waals surface area (Å²) in [6.07, 6.45) is 2.53. The van der Waals surface area contributed by atoms with Crippen LogP contribution in [0.4, 0.5) is 17.2 Å². The molecule has 1 amide bonds. The Bertz CT molecular complexity index is 1090. The van der Waals surface area contributed by atoms with Crippen molar-refractivity contribution in [2.45, 2.75) is 63.6 Å². The Hall–Kier alpha value is -2.68. The predicted octanol–water partition coefficient (Wildman–Crippen LogP) is 3.30. The molecule has 8 nitrogen and oxygen atoms in total. The largest absolute Gasteiger partial charge is 0.383 e. The number of rotatable bonds is 8. The Morgan fingerprint density at radius 1 is 1.30 bits per heavy atom. The molecule has 0 fully saturated rings. The molecule has 3 rings (SSSR count). The molecule has 0 radical (unpaired) electrons. The van der Waals surface area contributed by atoms with Gasteiger partial charge >= 0.3 is 5.69 Å². The zero-order chi connectivity index (χ0) is 24.1. The van der Waals surface area contributed by atoms with Gasteiger partial charge in [0.05, 0.1) is 12.2 Å². The summed E-state index contributed by atoms with van der Waals surface area (Å²) in [4.78, 5) is 45.8. The maximum Gasteiger partial charge on any atom is 0.330 e. The average molecular weight is 474 g/mol. The van der Waals surface area contributed by atoms with Crippen LogP contribution in [0.3, 0.4) is 0 Å². The molecule has 33 heavy (non-hydrogen) atoms. The van der Waals surface area contributed by atoms with E-state index >= 15 is 0 Å². The number of benzene rings is 1. The number of fused-ring (bicyclic) bond motifs is 1. The monoisotopic (exact) mass is 473 g/mol. The summed E-state index contributed by atoms with van der Waals surface area (Å²) in [6, 6.07) is 7.93. The number of aromatic nitrogens is 2. The second kappa shape index (κ2) is 11.0. The van der Waals surface area contributed by atoms with Gasteiger partial charge in [0, 0.05) is 29.8 Å². The van der Waals surface area contributed by atoms with Gasteiger partial charge in [-0.15, -0.1) is 11.8 Å². The van der Waals surface area contributed by atoms with E-state index < -0.39 is 11.2 Å². The number of carbonyl (C=O) groups excluding carboxylic acids is 1. The van der Waals surface area contributed by atoms with Crippen molar-refractivity contribution in [2.75, 3.05) is 35.2 Å². The van der Waals surface area contributed by atoms with Crippen molar-refractivity contribution in [3.63, 3.8) is 0 Å². The van der Waals surface area contributed by atoms with Crippen molar-refractivity contribution in [3.05, 3.63) is 45.1 Å². The first-order chi connectivity index (χ1) is 15.7. The highest BCUT2D eigenvalue weighted by molar-refractivity contribution is 8.00. The molecule has 2 heterocycles. The van der Waals surface area contributed by atoms with E-state index in [1.807, 2.05) is 49.9 Å². The van der Waals surface area contributed by atoms with Crippen LogP contribution in [0.1, 0.15) is 47.0 Å². The number of hydrogen-bond donors (Lipinski definition) is 2. The van der Waals surface area contributed by atoms with Crippen LogP contribution in [0.25, 0.3) is 0 Å². The fourth-order valence-corrected chi connectivity index (χ4v) is 5.20. The zero-order valence-electron chi connectivity index (χ0n) is 20.0. The summed E-state index contributed by atoms with van der Waals surface area (Å²) in [5.41, 5.74) is 6.37. The fraction of sp³-hybridized carbons (Fsp3) is 0.542. The van der Waals surface area contributed by atoms with E-state index in [0.717, 1.165) is 29.8 Å². The molecule has 0 saturated carbocycles. The van der Waals surface area contributed by atoms with Crippen molar-refractivity contribution >= 4 is 34.9 Å². The number of hydrogen-bond acceptors (Lipinski definition) is 6. The Morgan fingerprint density at radius 2 is 2.03 bits per heavy atom. The van der Waals surface area contributed by atoms with E-state index in [9.17, 15) is 14.4 Å².